The molecule has 0 aromatic carbocycles. The highest BCUT2D eigenvalue weighted by Gasteiger charge is 2.78. The molecule has 38 heavy (non-hydrogen) atoms. The fourth-order valence-corrected chi connectivity index (χ4v) is 9.56. The molecule has 0 amide bonds. The molecule has 7 nitrogen and oxygen atoms in total. The predicted molar refractivity (Wildman–Crippen MR) is 134 cm³/mol. The molecule has 3 saturated carbocycles. The van der Waals surface area contributed by atoms with Crippen LogP contribution in [0, 0.1) is 28.6 Å². The number of cyclic esters (lactones) is 1. The van der Waals surface area contributed by atoms with Gasteiger partial charge in [0.25, 0.3) is 0 Å². The van der Waals surface area contributed by atoms with Gasteiger partial charge in [0, 0.05) is 35.5 Å². The molecule has 4 aliphatic carbocycles. The van der Waals surface area contributed by atoms with Gasteiger partial charge >= 0.3 is 11.9 Å². The molecular weight excluding hydrogens is 518 g/mol. The summed E-state index contributed by atoms with van der Waals surface area (Å²) in [5.74, 6) is -3.76. The van der Waals surface area contributed by atoms with Crippen LogP contribution in [-0.2, 0) is 28.7 Å². The Hall–Kier alpha value is -2.07. The van der Waals surface area contributed by atoms with E-state index in [1.54, 1.807) is 20.8 Å². The van der Waals surface area contributed by atoms with Crippen LogP contribution in [0.3, 0.4) is 0 Å². The Kier molecular flexibility index (Phi) is 6.50. The molecule has 10 atom stereocenters. The lowest BCUT2D eigenvalue weighted by Gasteiger charge is -2.63. The molecule has 0 aromatic heterocycles. The molecule has 0 radical (unpaired) electrons. The molecule has 5 rings (SSSR count). The van der Waals surface area contributed by atoms with Gasteiger partial charge < -0.3 is 14.6 Å². The van der Waals surface area contributed by atoms with Crippen LogP contribution < -0.4 is 0 Å². The molecule has 3 unspecified atom stereocenters. The molecule has 0 spiro atoms. The van der Waals surface area contributed by atoms with Crippen molar-refractivity contribution in [2.24, 2.45) is 28.6 Å². The molecule has 10 heteroatoms. The van der Waals surface area contributed by atoms with Gasteiger partial charge in [0.2, 0.25) is 5.12 Å². The van der Waals surface area contributed by atoms with Crippen LogP contribution in [-0.4, -0.2) is 63.3 Å². The van der Waals surface area contributed by atoms with Crippen LogP contribution in [0.1, 0.15) is 59.8 Å². The maximum Gasteiger partial charge on any atom is 0.319 e. The zero-order valence-electron chi connectivity index (χ0n) is 22.0. The van der Waals surface area contributed by atoms with E-state index in [2.05, 4.69) is 0 Å². The van der Waals surface area contributed by atoms with Gasteiger partial charge in [0.15, 0.2) is 17.1 Å². The average Bonchev–Trinajstić information content (AvgIpc) is 3.35. The summed E-state index contributed by atoms with van der Waals surface area (Å²) in [7, 11) is 0. The van der Waals surface area contributed by atoms with Gasteiger partial charge in [0.05, 0.1) is 12.7 Å². The molecule has 1 N–H and O–H groups in total. The molecule has 208 valence electrons. The van der Waals surface area contributed by atoms with E-state index in [4.69, 9.17) is 9.47 Å². The first-order valence-corrected chi connectivity index (χ1v) is 14.2. The zero-order valence-corrected chi connectivity index (χ0v) is 22.8. The summed E-state index contributed by atoms with van der Waals surface area (Å²) in [5, 5.41) is 10.3. The van der Waals surface area contributed by atoms with E-state index in [9.17, 15) is 24.3 Å². The second-order valence-electron chi connectivity index (χ2n) is 11.9. The van der Waals surface area contributed by atoms with Gasteiger partial charge in [-0.2, -0.15) is 0 Å². The number of carbonyl (C=O) groups excluding carboxylic acids is 4. The predicted octanol–water partition coefficient (Wildman–Crippen LogP) is 3.82. The quantitative estimate of drug-likeness (QED) is 0.525. The third kappa shape index (κ3) is 3.41. The molecule has 0 aromatic rings. The highest BCUT2D eigenvalue weighted by Crippen LogP contribution is 2.72. The Bertz CT molecular complexity index is 1150. The zero-order chi connectivity index (χ0) is 27.8. The monoisotopic (exact) mass is 552 g/mol. The van der Waals surface area contributed by atoms with Gasteiger partial charge in [-0.15, -0.1) is 0 Å². The summed E-state index contributed by atoms with van der Waals surface area (Å²) >= 11 is 0.772. The SMILES string of the molecule is CCC(=O)O[C@]1(C(=O)S[C@H]2CCOC2=O)[C@H](C)CC2C3C[C@H](F)C4=CC(=O)C=C[C@]4(C)C3(F)[C@@H](O)C[C@@]21C. The number of hydrogen-bond acceptors (Lipinski definition) is 8. The van der Waals surface area contributed by atoms with E-state index < -0.39 is 80.2 Å². The Morgan fingerprint density at radius 1 is 1.24 bits per heavy atom. The maximum atomic E-state index is 17.4. The van der Waals surface area contributed by atoms with Gasteiger partial charge in [0.1, 0.15) is 11.4 Å². The number of hydrogen-bond donors (Lipinski definition) is 1. The normalized spacial score (nSPS) is 47.5. The topological polar surface area (TPSA) is 107 Å². The van der Waals surface area contributed by atoms with Gasteiger partial charge in [-0.25, -0.2) is 8.78 Å². The van der Waals surface area contributed by atoms with Crippen LogP contribution in [0.15, 0.2) is 23.8 Å². The third-order valence-electron chi connectivity index (χ3n) is 10.2. The minimum Gasteiger partial charge on any atom is -0.465 e. The second-order valence-corrected chi connectivity index (χ2v) is 13.1. The van der Waals surface area contributed by atoms with Gasteiger partial charge in [-0.05, 0) is 49.8 Å². The van der Waals surface area contributed by atoms with Crippen LogP contribution in [0.4, 0.5) is 8.78 Å². The highest BCUT2D eigenvalue weighted by molar-refractivity contribution is 8.14. The standard InChI is InChI=1S/C28H34F2O7S/c1-5-22(33)37-28(24(35)38-20-7-9-36-23(20)34)14(2)10-16-17-12-19(29)18-11-15(31)6-8-25(18,3)27(17,30)21(32)13-26(16,28)4/h6,8,11,14,16-17,19-21,32H,5,7,9-10,12-13H2,1-4H3/t14-,16?,17?,19+,20+,21+,25+,26+,27?,28+/m1/s1. The maximum absolute atomic E-state index is 17.4. The van der Waals surface area contributed by atoms with Crippen LogP contribution in [0.5, 0.6) is 0 Å². The first kappa shape index (κ1) is 27.5. The molecule has 1 heterocycles. The number of aliphatic hydroxyl groups excluding tert-OH is 1. The Labute approximate surface area is 224 Å². The number of thioether (sulfide) groups is 1. The average molecular weight is 553 g/mol. The summed E-state index contributed by atoms with van der Waals surface area (Å²) < 4.78 is 44.2. The third-order valence-corrected chi connectivity index (χ3v) is 11.4. The smallest absolute Gasteiger partial charge is 0.319 e. The Balaban J connectivity index is 1.61. The lowest BCUT2D eigenvalue weighted by Crippen LogP contribution is -2.70. The second kappa shape index (κ2) is 8.98. The summed E-state index contributed by atoms with van der Waals surface area (Å²) in [6, 6.07) is 0. The first-order valence-electron chi connectivity index (χ1n) is 13.3. The summed E-state index contributed by atoms with van der Waals surface area (Å²) in [5.41, 5.74) is -6.81. The van der Waals surface area contributed by atoms with E-state index in [0.717, 1.165) is 17.8 Å². The molecule has 5 aliphatic rings. The van der Waals surface area contributed by atoms with Crippen LogP contribution in [0.2, 0.25) is 0 Å². The van der Waals surface area contributed by atoms with E-state index in [0.29, 0.717) is 6.42 Å². The van der Waals surface area contributed by atoms with Crippen molar-refractivity contribution in [3.63, 3.8) is 0 Å². The van der Waals surface area contributed by atoms with E-state index in [-0.39, 0.29) is 37.9 Å². The van der Waals surface area contributed by atoms with Crippen LogP contribution >= 0.6 is 11.8 Å². The highest BCUT2D eigenvalue weighted by atomic mass is 32.2. The van der Waals surface area contributed by atoms with Crippen molar-refractivity contribution in [3.8, 4) is 0 Å². The minimum atomic E-state index is -2.31. The van der Waals surface area contributed by atoms with Gasteiger partial charge in [-0.1, -0.05) is 38.6 Å². The fraction of sp³-hybridized carbons (Fsp3) is 0.714. The van der Waals surface area contributed by atoms with Crippen molar-refractivity contribution in [1.29, 1.82) is 0 Å². The van der Waals surface area contributed by atoms with E-state index in [1.807, 2.05) is 0 Å². The number of carbonyl (C=O) groups is 4. The largest absolute Gasteiger partial charge is 0.465 e. The number of fused-ring (bicyclic) bond motifs is 5. The van der Waals surface area contributed by atoms with Crippen LogP contribution in [0.25, 0.3) is 0 Å². The first-order chi connectivity index (χ1) is 17.8. The van der Waals surface area contributed by atoms with E-state index >= 15 is 8.78 Å². The van der Waals surface area contributed by atoms with Crippen molar-refractivity contribution < 1.29 is 42.5 Å². The molecule has 0 bridgehead atoms. The number of aliphatic hydroxyl groups is 1. The Morgan fingerprint density at radius 2 is 1.95 bits per heavy atom. The minimum absolute atomic E-state index is 0.00469. The Morgan fingerprint density at radius 3 is 2.58 bits per heavy atom. The number of esters is 2. The van der Waals surface area contributed by atoms with Crippen molar-refractivity contribution in [2.45, 2.75) is 88.6 Å². The molecule has 1 aliphatic heterocycles. The lowest BCUT2D eigenvalue weighted by atomic mass is 9.44. The molecule has 4 fully saturated rings. The van der Waals surface area contributed by atoms with E-state index in [1.165, 1.54) is 19.1 Å². The summed E-state index contributed by atoms with van der Waals surface area (Å²) in [4.78, 5) is 51.1. The molecule has 1 saturated heterocycles. The number of rotatable bonds is 4. The summed E-state index contributed by atoms with van der Waals surface area (Å²) in [6.07, 6.45) is 0.586. The number of alkyl halides is 2. The van der Waals surface area contributed by atoms with Gasteiger partial charge in [-0.3, -0.25) is 19.2 Å². The number of halogens is 2. The molecular formula is C28H34F2O7S. The fourth-order valence-electron chi connectivity index (χ4n) is 8.27. The van der Waals surface area contributed by atoms with Crippen molar-refractivity contribution in [3.05, 3.63) is 23.8 Å². The number of ether oxygens (including phenoxy) is 2. The summed E-state index contributed by atoms with van der Waals surface area (Å²) in [6.45, 7) is 6.78. The van der Waals surface area contributed by atoms with Crippen molar-refractivity contribution >= 4 is 34.6 Å². The van der Waals surface area contributed by atoms with Crippen molar-refractivity contribution in [1.82, 2.24) is 0 Å². The number of ketones is 1. The van der Waals surface area contributed by atoms with Crippen molar-refractivity contribution in [2.75, 3.05) is 6.61 Å². The number of allylic oxidation sites excluding steroid dienone is 4. The lowest BCUT2D eigenvalue weighted by molar-refractivity contribution is -0.228.